The molecule has 0 spiro atoms. The van der Waals surface area contributed by atoms with Crippen LogP contribution in [0.5, 0.6) is 0 Å². The van der Waals surface area contributed by atoms with E-state index in [-0.39, 0.29) is 34.8 Å². The number of aromatic nitrogens is 4. The lowest BCUT2D eigenvalue weighted by Crippen LogP contribution is -2.38. The van der Waals surface area contributed by atoms with Gasteiger partial charge in [0.25, 0.3) is 5.56 Å². The minimum Gasteiger partial charge on any atom is -0.297 e. The number of rotatable bonds is 3. The average Bonchev–Trinajstić information content (AvgIpc) is 3.19. The molecule has 8 nitrogen and oxygen atoms in total. The molecule has 0 saturated carbocycles. The molecule has 2 aromatic heterocycles. The molecular weight excluding hydrogens is 470 g/mol. The normalized spacial score (nSPS) is 13.4. The van der Waals surface area contributed by atoms with E-state index in [1.807, 2.05) is 12.1 Å². The highest BCUT2D eigenvalue weighted by molar-refractivity contribution is 6.31. The zero-order valence-corrected chi connectivity index (χ0v) is 19.1. The largest absolute Gasteiger partial charge is 0.332 e. The monoisotopic (exact) mass is 486 g/mol. The summed E-state index contributed by atoms with van der Waals surface area (Å²) in [6.45, 7) is 0.197. The summed E-state index contributed by atoms with van der Waals surface area (Å²) >= 11 is 12.3. The van der Waals surface area contributed by atoms with Crippen LogP contribution >= 0.6 is 23.2 Å². The van der Waals surface area contributed by atoms with Crippen molar-refractivity contribution in [1.29, 1.82) is 0 Å². The number of anilines is 1. The highest BCUT2D eigenvalue weighted by atomic mass is 35.5. The van der Waals surface area contributed by atoms with E-state index in [0.717, 1.165) is 10.1 Å². The SMILES string of the molecule is Cn1c(=O)c2c(nc3n2CC(c2ccc(Cl)cc2)=NN3Cc2c(F)cccc2Cl)n(C)c1=O. The number of hydrazone groups is 1. The van der Waals surface area contributed by atoms with Gasteiger partial charge in [-0.05, 0) is 29.8 Å². The summed E-state index contributed by atoms with van der Waals surface area (Å²) < 4.78 is 18.6. The fraction of sp³-hybridized carbons (Fsp3) is 0.182. The summed E-state index contributed by atoms with van der Waals surface area (Å²) in [4.78, 5) is 30.0. The molecule has 0 amide bonds. The molecule has 3 heterocycles. The zero-order valence-electron chi connectivity index (χ0n) is 17.6. The van der Waals surface area contributed by atoms with Crippen molar-refractivity contribution in [3.8, 4) is 0 Å². The number of aryl methyl sites for hydroxylation is 1. The van der Waals surface area contributed by atoms with Crippen LogP contribution in [0.15, 0.2) is 57.2 Å². The Balaban J connectivity index is 1.75. The average molecular weight is 487 g/mol. The Morgan fingerprint density at radius 3 is 2.45 bits per heavy atom. The minimum absolute atomic E-state index is 0.0276. The van der Waals surface area contributed by atoms with Gasteiger partial charge in [0.15, 0.2) is 11.2 Å². The Labute approximate surface area is 196 Å². The van der Waals surface area contributed by atoms with Crippen molar-refractivity contribution in [3.63, 3.8) is 0 Å². The van der Waals surface area contributed by atoms with Crippen molar-refractivity contribution in [2.75, 3.05) is 5.01 Å². The molecule has 168 valence electrons. The number of hydrogen-bond acceptors (Lipinski definition) is 5. The lowest BCUT2D eigenvalue weighted by Gasteiger charge is -2.26. The lowest BCUT2D eigenvalue weighted by atomic mass is 10.1. The van der Waals surface area contributed by atoms with Gasteiger partial charge in [0.05, 0.1) is 18.8 Å². The second-order valence-electron chi connectivity index (χ2n) is 7.69. The molecule has 2 aromatic carbocycles. The van der Waals surface area contributed by atoms with E-state index in [9.17, 15) is 14.0 Å². The van der Waals surface area contributed by atoms with Crippen LogP contribution in [0.25, 0.3) is 11.2 Å². The quantitative estimate of drug-likeness (QED) is 0.445. The molecule has 0 radical (unpaired) electrons. The third kappa shape index (κ3) is 3.44. The Morgan fingerprint density at radius 2 is 1.76 bits per heavy atom. The van der Waals surface area contributed by atoms with Crippen LogP contribution in [0.4, 0.5) is 10.3 Å². The molecule has 0 N–H and O–H groups in total. The Morgan fingerprint density at radius 1 is 1.03 bits per heavy atom. The number of imidazole rings is 1. The van der Waals surface area contributed by atoms with Crippen LogP contribution in [0, 0.1) is 5.82 Å². The van der Waals surface area contributed by atoms with Gasteiger partial charge in [-0.3, -0.25) is 18.5 Å². The van der Waals surface area contributed by atoms with Crippen molar-refractivity contribution in [2.24, 2.45) is 19.2 Å². The number of hydrogen-bond donors (Lipinski definition) is 0. The van der Waals surface area contributed by atoms with Crippen LogP contribution in [-0.4, -0.2) is 24.4 Å². The summed E-state index contributed by atoms with van der Waals surface area (Å²) in [5.74, 6) is -0.178. The van der Waals surface area contributed by atoms with Gasteiger partial charge < -0.3 is 0 Å². The second kappa shape index (κ2) is 7.86. The molecule has 0 fully saturated rings. The zero-order chi connectivity index (χ0) is 23.4. The van der Waals surface area contributed by atoms with E-state index in [1.165, 1.54) is 28.8 Å². The molecule has 5 rings (SSSR count). The summed E-state index contributed by atoms with van der Waals surface area (Å²) in [5, 5.41) is 7.01. The number of halogens is 3. The summed E-state index contributed by atoms with van der Waals surface area (Å²) in [6, 6.07) is 11.5. The van der Waals surface area contributed by atoms with Gasteiger partial charge in [-0.15, -0.1) is 0 Å². The molecule has 1 aliphatic heterocycles. The Kier molecular flexibility index (Phi) is 5.10. The minimum atomic E-state index is -0.495. The molecule has 1 aliphatic rings. The van der Waals surface area contributed by atoms with E-state index in [1.54, 1.807) is 29.8 Å². The maximum Gasteiger partial charge on any atom is 0.332 e. The number of nitrogens with zero attached hydrogens (tertiary/aromatic N) is 6. The third-order valence-electron chi connectivity index (χ3n) is 5.66. The summed E-state index contributed by atoms with van der Waals surface area (Å²) in [5.41, 5.74) is 1.12. The molecule has 11 heteroatoms. The van der Waals surface area contributed by atoms with Crippen LogP contribution in [0.1, 0.15) is 11.1 Å². The first-order valence-electron chi connectivity index (χ1n) is 9.96. The maximum absolute atomic E-state index is 14.6. The molecule has 0 atom stereocenters. The fourth-order valence-corrected chi connectivity index (χ4v) is 4.23. The first-order chi connectivity index (χ1) is 15.8. The van der Waals surface area contributed by atoms with Gasteiger partial charge in [0.2, 0.25) is 5.95 Å². The third-order valence-corrected chi connectivity index (χ3v) is 6.26. The highest BCUT2D eigenvalue weighted by Crippen LogP contribution is 2.29. The van der Waals surface area contributed by atoms with Crippen molar-refractivity contribution in [3.05, 3.63) is 90.3 Å². The number of benzene rings is 2. The molecule has 4 aromatic rings. The van der Waals surface area contributed by atoms with E-state index in [4.69, 9.17) is 28.3 Å². The smallest absolute Gasteiger partial charge is 0.297 e. The molecule has 0 bridgehead atoms. The van der Waals surface area contributed by atoms with E-state index < -0.39 is 17.1 Å². The lowest BCUT2D eigenvalue weighted by molar-refractivity contribution is 0.601. The van der Waals surface area contributed by atoms with Crippen molar-refractivity contribution in [1.82, 2.24) is 18.7 Å². The van der Waals surface area contributed by atoms with Crippen LogP contribution < -0.4 is 16.3 Å². The van der Waals surface area contributed by atoms with E-state index >= 15 is 0 Å². The van der Waals surface area contributed by atoms with Gasteiger partial charge in [0, 0.05) is 29.7 Å². The first kappa shape index (κ1) is 21.4. The van der Waals surface area contributed by atoms with Crippen molar-refractivity contribution < 1.29 is 4.39 Å². The second-order valence-corrected chi connectivity index (χ2v) is 8.53. The van der Waals surface area contributed by atoms with Gasteiger partial charge in [0.1, 0.15) is 5.82 Å². The fourth-order valence-electron chi connectivity index (χ4n) is 3.88. The van der Waals surface area contributed by atoms with Crippen molar-refractivity contribution >= 4 is 46.0 Å². The predicted octanol–water partition coefficient (Wildman–Crippen LogP) is 3.30. The standard InChI is InChI=1S/C22H17Cl2FN6O2/c1-28-19-18(20(32)29(2)22(28)33)30-11-17(12-6-8-13(23)9-7-12)27-31(21(30)26-19)10-14-15(24)4-3-5-16(14)25/h3-9H,10-11H2,1-2H3. The highest BCUT2D eigenvalue weighted by Gasteiger charge is 2.28. The Bertz CT molecular complexity index is 1550. The van der Waals surface area contributed by atoms with Gasteiger partial charge >= 0.3 is 5.69 Å². The molecule has 33 heavy (non-hydrogen) atoms. The van der Waals surface area contributed by atoms with E-state index in [0.29, 0.717) is 16.7 Å². The van der Waals surface area contributed by atoms with Gasteiger partial charge in [-0.25, -0.2) is 14.2 Å². The molecule has 0 saturated heterocycles. The Hall–Kier alpha value is -3.43. The van der Waals surface area contributed by atoms with Crippen molar-refractivity contribution in [2.45, 2.75) is 13.1 Å². The van der Waals surface area contributed by atoms with E-state index in [2.05, 4.69) is 4.98 Å². The summed E-state index contributed by atoms with van der Waals surface area (Å²) in [6.07, 6.45) is 0. The van der Waals surface area contributed by atoms with Crippen LogP contribution in [0.3, 0.4) is 0 Å². The van der Waals surface area contributed by atoms with Gasteiger partial charge in [-0.1, -0.05) is 41.4 Å². The van der Waals surface area contributed by atoms with Crippen LogP contribution in [-0.2, 0) is 27.2 Å². The van der Waals surface area contributed by atoms with Crippen LogP contribution in [0.2, 0.25) is 10.0 Å². The number of fused-ring (bicyclic) bond motifs is 3. The molecule has 0 unspecified atom stereocenters. The molecule has 0 aliphatic carbocycles. The van der Waals surface area contributed by atoms with Gasteiger partial charge in [-0.2, -0.15) is 10.1 Å². The maximum atomic E-state index is 14.6. The molecular formula is C22H17Cl2FN6O2. The topological polar surface area (TPSA) is 77.4 Å². The predicted molar refractivity (Wildman–Crippen MR) is 126 cm³/mol. The first-order valence-corrected chi connectivity index (χ1v) is 10.7. The summed E-state index contributed by atoms with van der Waals surface area (Å²) in [7, 11) is 2.96.